The van der Waals surface area contributed by atoms with E-state index in [0.717, 1.165) is 30.7 Å². The summed E-state index contributed by atoms with van der Waals surface area (Å²) in [5.41, 5.74) is 1.05. The van der Waals surface area contributed by atoms with E-state index < -0.39 is 20.7 Å². The summed E-state index contributed by atoms with van der Waals surface area (Å²) in [5.74, 6) is 1.33. The van der Waals surface area contributed by atoms with Gasteiger partial charge in [-0.2, -0.15) is 0 Å². The molecule has 7 nitrogen and oxygen atoms in total. The third-order valence-corrected chi connectivity index (χ3v) is 5.86. The summed E-state index contributed by atoms with van der Waals surface area (Å²) in [6.45, 7) is 7.63. The van der Waals surface area contributed by atoms with Gasteiger partial charge in [0, 0.05) is 30.5 Å². The van der Waals surface area contributed by atoms with Gasteiger partial charge < -0.3 is 10.2 Å². The third kappa shape index (κ3) is 5.04. The molecular formula is C21H24FN5O2S. The average Bonchev–Trinajstić information content (AvgIpc) is 2.70. The summed E-state index contributed by atoms with van der Waals surface area (Å²) < 4.78 is 41.0. The molecule has 1 heterocycles. The molecule has 0 aliphatic rings. The van der Waals surface area contributed by atoms with E-state index in [1.54, 1.807) is 24.3 Å². The summed E-state index contributed by atoms with van der Waals surface area (Å²) in [6.07, 6.45) is 0. The van der Waals surface area contributed by atoms with Gasteiger partial charge in [0.1, 0.15) is 28.2 Å². The molecule has 158 valence electrons. The van der Waals surface area contributed by atoms with Crippen molar-refractivity contribution < 1.29 is 12.8 Å². The minimum Gasteiger partial charge on any atom is -0.357 e. The van der Waals surface area contributed by atoms with E-state index in [1.165, 1.54) is 18.2 Å². The summed E-state index contributed by atoms with van der Waals surface area (Å²) in [5, 5.41) is 3.20. The maximum atomic E-state index is 13.8. The smallest absolute Gasteiger partial charge is 0.264 e. The van der Waals surface area contributed by atoms with Gasteiger partial charge in [0.2, 0.25) is 0 Å². The molecule has 0 radical (unpaired) electrons. The van der Waals surface area contributed by atoms with Crippen LogP contribution in [0.1, 0.15) is 19.7 Å². The van der Waals surface area contributed by atoms with Gasteiger partial charge >= 0.3 is 0 Å². The Balaban J connectivity index is 1.76. The molecule has 0 saturated carbocycles. The molecule has 2 aromatic carbocycles. The fraction of sp³-hybridized carbons (Fsp3) is 0.238. The molecular weight excluding hydrogens is 405 g/mol. The van der Waals surface area contributed by atoms with Crippen molar-refractivity contribution in [2.75, 3.05) is 28.0 Å². The molecule has 0 unspecified atom stereocenters. The highest BCUT2D eigenvalue weighted by Gasteiger charge is 2.18. The fourth-order valence-electron chi connectivity index (χ4n) is 2.97. The Hall–Kier alpha value is -3.20. The zero-order valence-corrected chi connectivity index (χ0v) is 17.9. The van der Waals surface area contributed by atoms with Crippen molar-refractivity contribution in [1.29, 1.82) is 0 Å². The predicted octanol–water partition coefficient (Wildman–Crippen LogP) is 4.31. The topological polar surface area (TPSA) is 87.2 Å². The lowest BCUT2D eigenvalue weighted by atomic mass is 10.3. The molecule has 0 atom stereocenters. The van der Waals surface area contributed by atoms with E-state index in [9.17, 15) is 12.8 Å². The van der Waals surface area contributed by atoms with Crippen molar-refractivity contribution >= 4 is 33.0 Å². The average molecular weight is 430 g/mol. The largest absolute Gasteiger partial charge is 0.357 e. The van der Waals surface area contributed by atoms with Gasteiger partial charge in [-0.05, 0) is 57.2 Å². The van der Waals surface area contributed by atoms with Crippen molar-refractivity contribution in [3.05, 3.63) is 66.2 Å². The van der Waals surface area contributed by atoms with Crippen LogP contribution in [-0.4, -0.2) is 31.5 Å². The van der Waals surface area contributed by atoms with E-state index in [0.29, 0.717) is 17.3 Å². The molecule has 9 heteroatoms. The second-order valence-electron chi connectivity index (χ2n) is 6.57. The quantitative estimate of drug-likeness (QED) is 0.555. The maximum absolute atomic E-state index is 13.8. The number of rotatable bonds is 8. The van der Waals surface area contributed by atoms with Crippen molar-refractivity contribution in [2.24, 2.45) is 0 Å². The van der Waals surface area contributed by atoms with Crippen LogP contribution in [0.25, 0.3) is 0 Å². The SMILES string of the molecule is CCN(CC)c1cc(Nc2ccc(NS(=O)(=O)c3ccccc3F)cc2)nc(C)n1. The molecule has 2 N–H and O–H groups in total. The Morgan fingerprint density at radius 1 is 0.967 bits per heavy atom. The minimum absolute atomic E-state index is 0.325. The predicted molar refractivity (Wildman–Crippen MR) is 117 cm³/mol. The molecule has 3 rings (SSSR count). The second-order valence-corrected chi connectivity index (χ2v) is 8.22. The Morgan fingerprint density at radius 2 is 1.60 bits per heavy atom. The second kappa shape index (κ2) is 9.08. The molecule has 30 heavy (non-hydrogen) atoms. The number of aromatic nitrogens is 2. The zero-order chi connectivity index (χ0) is 21.7. The van der Waals surface area contributed by atoms with Crippen LogP contribution in [-0.2, 0) is 10.0 Å². The number of benzene rings is 2. The number of halogens is 1. The molecule has 0 fully saturated rings. The first-order valence-corrected chi connectivity index (χ1v) is 11.1. The Kier molecular flexibility index (Phi) is 6.51. The van der Waals surface area contributed by atoms with Crippen LogP contribution in [0.5, 0.6) is 0 Å². The Morgan fingerprint density at radius 3 is 2.23 bits per heavy atom. The van der Waals surface area contributed by atoms with Gasteiger partial charge in [-0.1, -0.05) is 12.1 Å². The van der Waals surface area contributed by atoms with Crippen molar-refractivity contribution in [2.45, 2.75) is 25.7 Å². The molecule has 0 spiro atoms. The number of anilines is 4. The lowest BCUT2D eigenvalue weighted by molar-refractivity contribution is 0.570. The van der Waals surface area contributed by atoms with Crippen LogP contribution in [0.3, 0.4) is 0 Å². The summed E-state index contributed by atoms with van der Waals surface area (Å²) in [7, 11) is -4.01. The Bertz CT molecular complexity index is 1120. The molecule has 0 bridgehead atoms. The molecule has 3 aromatic rings. The molecule has 0 aliphatic carbocycles. The first kappa shape index (κ1) is 21.5. The van der Waals surface area contributed by atoms with Crippen molar-refractivity contribution in [3.63, 3.8) is 0 Å². The number of sulfonamides is 1. The van der Waals surface area contributed by atoms with Gasteiger partial charge in [-0.25, -0.2) is 22.8 Å². The van der Waals surface area contributed by atoms with Gasteiger partial charge in [-0.3, -0.25) is 4.72 Å². The molecule has 0 amide bonds. The molecule has 0 aliphatic heterocycles. The highest BCUT2D eigenvalue weighted by molar-refractivity contribution is 7.92. The van der Waals surface area contributed by atoms with E-state index in [4.69, 9.17) is 0 Å². The van der Waals surface area contributed by atoms with Crippen LogP contribution in [0.15, 0.2) is 59.5 Å². The van der Waals surface area contributed by atoms with E-state index >= 15 is 0 Å². The van der Waals surface area contributed by atoms with Crippen molar-refractivity contribution in [3.8, 4) is 0 Å². The summed E-state index contributed by atoms with van der Waals surface area (Å²) in [4.78, 5) is 10.6. The zero-order valence-electron chi connectivity index (χ0n) is 17.1. The monoisotopic (exact) mass is 429 g/mol. The maximum Gasteiger partial charge on any atom is 0.264 e. The molecule has 0 saturated heterocycles. The Labute approximate surface area is 176 Å². The highest BCUT2D eigenvalue weighted by Crippen LogP contribution is 2.23. The fourth-order valence-corrected chi connectivity index (χ4v) is 4.11. The molecule has 1 aromatic heterocycles. The van der Waals surface area contributed by atoms with Gasteiger partial charge in [0.25, 0.3) is 10.0 Å². The minimum atomic E-state index is -4.01. The number of nitrogens with zero attached hydrogens (tertiary/aromatic N) is 3. The third-order valence-electron chi connectivity index (χ3n) is 4.45. The van der Waals surface area contributed by atoms with Crippen LogP contribution in [0, 0.1) is 12.7 Å². The summed E-state index contributed by atoms with van der Waals surface area (Å²) >= 11 is 0. The van der Waals surface area contributed by atoms with E-state index in [1.807, 2.05) is 13.0 Å². The number of aryl methyl sites for hydroxylation is 1. The van der Waals surface area contributed by atoms with E-state index in [2.05, 4.69) is 38.8 Å². The lowest BCUT2D eigenvalue weighted by Crippen LogP contribution is -2.23. The number of nitrogens with one attached hydrogen (secondary N) is 2. The van der Waals surface area contributed by atoms with Crippen molar-refractivity contribution in [1.82, 2.24) is 9.97 Å². The first-order valence-electron chi connectivity index (χ1n) is 9.57. The standard InChI is InChI=1S/C21H24FN5O2S/c1-4-27(5-2)21-14-20(23-15(3)24-21)25-16-10-12-17(13-11-16)26-30(28,29)19-9-7-6-8-18(19)22/h6-14,26H,4-5H2,1-3H3,(H,23,24,25). The highest BCUT2D eigenvalue weighted by atomic mass is 32.2. The normalized spacial score (nSPS) is 11.2. The number of hydrogen-bond donors (Lipinski definition) is 2. The van der Waals surface area contributed by atoms with Gasteiger partial charge in [-0.15, -0.1) is 0 Å². The van der Waals surface area contributed by atoms with Crippen LogP contribution in [0.2, 0.25) is 0 Å². The van der Waals surface area contributed by atoms with Crippen LogP contribution in [0.4, 0.5) is 27.4 Å². The van der Waals surface area contributed by atoms with Gasteiger partial charge in [0.15, 0.2) is 0 Å². The van der Waals surface area contributed by atoms with Crippen LogP contribution >= 0.6 is 0 Å². The van der Waals surface area contributed by atoms with Gasteiger partial charge in [0.05, 0.1) is 0 Å². The lowest BCUT2D eigenvalue weighted by Gasteiger charge is -2.20. The summed E-state index contributed by atoms with van der Waals surface area (Å²) in [6, 6.07) is 13.7. The van der Waals surface area contributed by atoms with E-state index in [-0.39, 0.29) is 0 Å². The first-order chi connectivity index (χ1) is 14.3. The number of hydrogen-bond acceptors (Lipinski definition) is 6. The van der Waals surface area contributed by atoms with Crippen LogP contribution < -0.4 is 14.9 Å².